The first kappa shape index (κ1) is 12.5. The molecule has 2 rings (SSSR count). The van der Waals surface area contributed by atoms with Crippen molar-refractivity contribution in [2.75, 3.05) is 12.8 Å². The smallest absolute Gasteiger partial charge is 0.214 e. The van der Waals surface area contributed by atoms with Gasteiger partial charge in [-0.1, -0.05) is 6.92 Å². The van der Waals surface area contributed by atoms with Gasteiger partial charge in [0.1, 0.15) is 11.6 Å². The van der Waals surface area contributed by atoms with E-state index in [1.165, 1.54) is 4.31 Å². The zero-order valence-electron chi connectivity index (χ0n) is 10.3. The zero-order valence-corrected chi connectivity index (χ0v) is 11.1. The quantitative estimate of drug-likeness (QED) is 0.766. The zero-order chi connectivity index (χ0) is 12.5. The van der Waals surface area contributed by atoms with Gasteiger partial charge in [-0.15, -0.1) is 10.2 Å². The van der Waals surface area contributed by atoms with Crippen LogP contribution in [0.4, 0.5) is 0 Å². The lowest BCUT2D eigenvalue weighted by molar-refractivity contribution is 0.446. The van der Waals surface area contributed by atoms with Crippen LogP contribution in [0.2, 0.25) is 0 Å². The lowest BCUT2D eigenvalue weighted by atomic mass is 10.4. The van der Waals surface area contributed by atoms with Gasteiger partial charge in [0.05, 0.1) is 12.3 Å². The lowest BCUT2D eigenvalue weighted by Crippen LogP contribution is -2.29. The Kier molecular flexibility index (Phi) is 3.48. The molecule has 0 fully saturated rings. The molecule has 0 N–H and O–H groups in total. The van der Waals surface area contributed by atoms with Crippen molar-refractivity contribution in [2.24, 2.45) is 0 Å². The first-order chi connectivity index (χ1) is 8.04. The Hall–Kier alpha value is -0.950. The number of fused-ring (bicyclic) bond motifs is 1. The van der Waals surface area contributed by atoms with Crippen molar-refractivity contribution in [3.8, 4) is 0 Å². The average Bonchev–Trinajstić information content (AvgIpc) is 2.82. The van der Waals surface area contributed by atoms with Crippen molar-refractivity contribution in [3.05, 3.63) is 11.6 Å². The molecule has 1 aromatic rings. The molecule has 1 aliphatic heterocycles. The van der Waals surface area contributed by atoms with Crippen LogP contribution in [0.5, 0.6) is 0 Å². The highest BCUT2D eigenvalue weighted by atomic mass is 32.2. The fourth-order valence-corrected chi connectivity index (χ4v) is 3.18. The van der Waals surface area contributed by atoms with Gasteiger partial charge in [0.15, 0.2) is 0 Å². The van der Waals surface area contributed by atoms with Crippen LogP contribution in [-0.2, 0) is 29.5 Å². The summed E-state index contributed by atoms with van der Waals surface area (Å²) in [5, 5.41) is 8.13. The fourth-order valence-electron chi connectivity index (χ4n) is 2.04. The van der Waals surface area contributed by atoms with Crippen LogP contribution in [0.3, 0.4) is 0 Å². The van der Waals surface area contributed by atoms with E-state index in [2.05, 4.69) is 10.2 Å². The molecule has 0 amide bonds. The minimum Gasteiger partial charge on any atom is -0.314 e. The monoisotopic (exact) mass is 258 g/mol. The summed E-state index contributed by atoms with van der Waals surface area (Å²) in [7, 11) is -1.55. The van der Waals surface area contributed by atoms with Crippen LogP contribution < -0.4 is 0 Å². The molecular weight excluding hydrogens is 240 g/mol. The maximum absolute atomic E-state index is 11.8. The number of aromatic nitrogens is 3. The van der Waals surface area contributed by atoms with Gasteiger partial charge in [-0.25, -0.2) is 8.42 Å². The third-order valence-corrected chi connectivity index (χ3v) is 4.99. The molecule has 96 valence electrons. The summed E-state index contributed by atoms with van der Waals surface area (Å²) in [4.78, 5) is 0. The lowest BCUT2D eigenvalue weighted by Gasteiger charge is -2.16. The van der Waals surface area contributed by atoms with Gasteiger partial charge in [-0.2, -0.15) is 4.31 Å². The number of hydrogen-bond donors (Lipinski definition) is 0. The molecule has 2 heterocycles. The molecule has 0 saturated heterocycles. The molecule has 0 aromatic carbocycles. The summed E-state index contributed by atoms with van der Waals surface area (Å²) in [6.07, 6.45) is 2.65. The number of rotatable bonds is 5. The second kappa shape index (κ2) is 4.73. The fraction of sp³-hybridized carbons (Fsp3) is 0.800. The van der Waals surface area contributed by atoms with Crippen molar-refractivity contribution in [3.63, 3.8) is 0 Å². The highest BCUT2D eigenvalue weighted by molar-refractivity contribution is 7.89. The largest absolute Gasteiger partial charge is 0.314 e. The molecule has 0 bridgehead atoms. The summed E-state index contributed by atoms with van der Waals surface area (Å²) in [5.41, 5.74) is 0. The van der Waals surface area contributed by atoms with E-state index in [4.69, 9.17) is 0 Å². The summed E-state index contributed by atoms with van der Waals surface area (Å²) in [5.74, 6) is 1.91. The van der Waals surface area contributed by atoms with Gasteiger partial charge in [0.2, 0.25) is 10.0 Å². The van der Waals surface area contributed by atoms with Gasteiger partial charge >= 0.3 is 0 Å². The van der Waals surface area contributed by atoms with Crippen LogP contribution in [0.25, 0.3) is 0 Å². The maximum atomic E-state index is 11.8. The minimum atomic E-state index is -3.15. The van der Waals surface area contributed by atoms with Crippen LogP contribution in [-0.4, -0.2) is 40.3 Å². The predicted molar refractivity (Wildman–Crippen MR) is 63.9 cm³/mol. The van der Waals surface area contributed by atoms with Gasteiger partial charge in [-0.05, 0) is 12.8 Å². The van der Waals surface area contributed by atoms with Gasteiger partial charge < -0.3 is 4.57 Å². The van der Waals surface area contributed by atoms with E-state index in [0.29, 0.717) is 13.0 Å². The van der Waals surface area contributed by atoms with Crippen molar-refractivity contribution in [2.45, 2.75) is 39.3 Å². The van der Waals surface area contributed by atoms with E-state index in [1.807, 2.05) is 11.5 Å². The minimum absolute atomic E-state index is 0.185. The van der Waals surface area contributed by atoms with Crippen molar-refractivity contribution < 1.29 is 8.42 Å². The third kappa shape index (κ3) is 2.50. The van der Waals surface area contributed by atoms with Crippen molar-refractivity contribution in [1.29, 1.82) is 0 Å². The summed E-state index contributed by atoms with van der Waals surface area (Å²) >= 11 is 0. The number of sulfonamides is 1. The molecule has 1 aromatic heterocycles. The highest BCUT2D eigenvalue weighted by Gasteiger charge is 2.22. The second-order valence-corrected chi connectivity index (χ2v) is 6.56. The van der Waals surface area contributed by atoms with Crippen LogP contribution in [0, 0.1) is 0 Å². The molecule has 0 unspecified atom stereocenters. The standard InChI is InChI=1S/C10H18N4O2S/c1-3-7-17(15,16)13(2)8-10-12-11-9-5-4-6-14(9)10/h3-8H2,1-2H3. The highest BCUT2D eigenvalue weighted by Crippen LogP contribution is 2.16. The number of hydrogen-bond acceptors (Lipinski definition) is 4. The van der Waals surface area contributed by atoms with Crippen molar-refractivity contribution >= 4 is 10.0 Å². The van der Waals surface area contributed by atoms with Gasteiger partial charge in [0.25, 0.3) is 0 Å². The Morgan fingerprint density at radius 1 is 1.41 bits per heavy atom. The average molecular weight is 258 g/mol. The SMILES string of the molecule is CCCS(=O)(=O)N(C)Cc1nnc2n1CCC2. The number of nitrogens with zero attached hydrogens (tertiary/aromatic N) is 4. The van der Waals surface area contributed by atoms with Gasteiger partial charge in [-0.3, -0.25) is 0 Å². The molecule has 0 spiro atoms. The molecule has 0 atom stereocenters. The Morgan fingerprint density at radius 2 is 2.18 bits per heavy atom. The molecule has 0 radical (unpaired) electrons. The van der Waals surface area contributed by atoms with E-state index in [1.54, 1.807) is 7.05 Å². The Balaban J connectivity index is 2.11. The van der Waals surface area contributed by atoms with E-state index < -0.39 is 10.0 Å². The van der Waals surface area contributed by atoms with Crippen LogP contribution in [0.15, 0.2) is 0 Å². The third-order valence-electron chi connectivity index (χ3n) is 2.99. The molecule has 1 aliphatic rings. The van der Waals surface area contributed by atoms with Crippen molar-refractivity contribution in [1.82, 2.24) is 19.1 Å². The van der Waals surface area contributed by atoms with Crippen LogP contribution >= 0.6 is 0 Å². The molecule has 0 saturated carbocycles. The summed E-state index contributed by atoms with van der Waals surface area (Å²) in [6.45, 7) is 3.08. The normalized spacial score (nSPS) is 15.5. The summed E-state index contributed by atoms with van der Waals surface area (Å²) in [6, 6.07) is 0. The van der Waals surface area contributed by atoms with Gasteiger partial charge in [0, 0.05) is 20.0 Å². The predicted octanol–water partition coefficient (Wildman–Crippen LogP) is 0.396. The molecule has 0 aliphatic carbocycles. The molecule has 17 heavy (non-hydrogen) atoms. The first-order valence-electron chi connectivity index (χ1n) is 5.89. The Labute approximate surface area is 102 Å². The van der Waals surface area contributed by atoms with E-state index >= 15 is 0 Å². The van der Waals surface area contributed by atoms with E-state index in [-0.39, 0.29) is 5.75 Å². The van der Waals surface area contributed by atoms with Crippen LogP contribution in [0.1, 0.15) is 31.4 Å². The second-order valence-electron chi connectivity index (χ2n) is 4.36. The summed E-state index contributed by atoms with van der Waals surface area (Å²) < 4.78 is 27.0. The maximum Gasteiger partial charge on any atom is 0.214 e. The van der Waals surface area contributed by atoms with E-state index in [9.17, 15) is 8.42 Å². The topological polar surface area (TPSA) is 68.1 Å². The Bertz CT molecular complexity index is 494. The Morgan fingerprint density at radius 3 is 2.88 bits per heavy atom. The van der Waals surface area contributed by atoms with E-state index in [0.717, 1.165) is 31.0 Å². The molecular formula is C10H18N4O2S. The number of aryl methyl sites for hydroxylation is 1. The molecule has 6 nitrogen and oxygen atoms in total. The molecule has 7 heteroatoms. The first-order valence-corrected chi connectivity index (χ1v) is 7.50.